The van der Waals surface area contributed by atoms with Gasteiger partial charge in [0, 0.05) is 12.0 Å². The molecule has 0 spiro atoms. The number of carbonyl (C=O) groups is 1. The lowest BCUT2D eigenvalue weighted by atomic mass is 9.88. The van der Waals surface area contributed by atoms with Gasteiger partial charge in [-0.3, -0.25) is 0 Å². The zero-order valence-electron chi connectivity index (χ0n) is 7.37. The number of hydrogen-bond acceptors (Lipinski definition) is 4. The van der Waals surface area contributed by atoms with Crippen LogP contribution in [-0.4, -0.2) is 11.1 Å². The van der Waals surface area contributed by atoms with Gasteiger partial charge in [0.15, 0.2) is 0 Å². The summed E-state index contributed by atoms with van der Waals surface area (Å²) in [6.45, 7) is 2.09. The van der Waals surface area contributed by atoms with Crippen molar-refractivity contribution in [2.24, 2.45) is 5.92 Å². The standard InChI is InChI=1S/C9H11NO3/c1-5-2-3-7-6(4-5)8(9(11)12)10-13-7/h5H,2-4H2,1H3,(H,11,12)/p-1. The first kappa shape index (κ1) is 8.29. The highest BCUT2D eigenvalue weighted by atomic mass is 16.5. The van der Waals surface area contributed by atoms with Crippen LogP contribution in [0, 0.1) is 5.92 Å². The lowest BCUT2D eigenvalue weighted by molar-refractivity contribution is -0.255. The SMILES string of the molecule is CC1CCc2onc(C(=O)[O-])c2C1. The number of fused-ring (bicyclic) bond motifs is 1. The fourth-order valence-corrected chi connectivity index (χ4v) is 1.74. The molecule has 4 nitrogen and oxygen atoms in total. The third-order valence-electron chi connectivity index (χ3n) is 2.48. The van der Waals surface area contributed by atoms with Crippen molar-refractivity contribution in [2.75, 3.05) is 0 Å². The summed E-state index contributed by atoms with van der Waals surface area (Å²) in [5, 5.41) is 14.1. The molecule has 1 aromatic rings. The molecule has 1 atom stereocenters. The van der Waals surface area contributed by atoms with Crippen LogP contribution in [-0.2, 0) is 12.8 Å². The van der Waals surface area contributed by atoms with Crippen LogP contribution in [0.25, 0.3) is 0 Å². The second kappa shape index (κ2) is 2.87. The lowest BCUT2D eigenvalue weighted by Crippen LogP contribution is -2.25. The van der Waals surface area contributed by atoms with Crippen molar-refractivity contribution in [3.8, 4) is 0 Å². The van der Waals surface area contributed by atoms with E-state index in [1.165, 1.54) is 0 Å². The molecular weight excluding hydrogens is 170 g/mol. The summed E-state index contributed by atoms with van der Waals surface area (Å²) in [5.41, 5.74) is 0.723. The molecule has 0 aromatic carbocycles. The van der Waals surface area contributed by atoms with E-state index in [9.17, 15) is 9.90 Å². The third kappa shape index (κ3) is 1.32. The summed E-state index contributed by atoms with van der Waals surface area (Å²) in [5.74, 6) is -0.0126. The Bertz CT molecular complexity index is 343. The maximum atomic E-state index is 10.6. The van der Waals surface area contributed by atoms with Gasteiger partial charge in [0.05, 0.1) is 5.97 Å². The summed E-state index contributed by atoms with van der Waals surface area (Å²) >= 11 is 0. The van der Waals surface area contributed by atoms with E-state index in [0.29, 0.717) is 5.92 Å². The van der Waals surface area contributed by atoms with Gasteiger partial charge >= 0.3 is 0 Å². The van der Waals surface area contributed by atoms with Gasteiger partial charge in [-0.1, -0.05) is 12.1 Å². The van der Waals surface area contributed by atoms with Gasteiger partial charge in [0.2, 0.25) is 0 Å². The zero-order valence-corrected chi connectivity index (χ0v) is 7.37. The molecule has 1 aromatic heterocycles. The van der Waals surface area contributed by atoms with E-state index < -0.39 is 5.97 Å². The molecule has 1 aliphatic rings. The minimum Gasteiger partial charge on any atom is -0.543 e. The minimum absolute atomic E-state index is 0.0125. The molecule has 0 bridgehead atoms. The van der Waals surface area contributed by atoms with E-state index in [-0.39, 0.29) is 5.69 Å². The van der Waals surface area contributed by atoms with Crippen LogP contribution in [0.4, 0.5) is 0 Å². The molecule has 0 aliphatic heterocycles. The van der Waals surface area contributed by atoms with E-state index in [1.54, 1.807) is 0 Å². The second-order valence-electron chi connectivity index (χ2n) is 3.57. The van der Waals surface area contributed by atoms with Gasteiger partial charge in [-0.05, 0) is 18.8 Å². The van der Waals surface area contributed by atoms with Crippen molar-refractivity contribution in [2.45, 2.75) is 26.2 Å². The predicted octanol–water partition coefficient (Wildman–Crippen LogP) is 0.163. The molecule has 0 saturated heterocycles. The maximum absolute atomic E-state index is 10.6. The number of carboxylic acids is 1. The Morgan fingerprint density at radius 2 is 2.46 bits per heavy atom. The summed E-state index contributed by atoms with van der Waals surface area (Å²) in [7, 11) is 0. The van der Waals surface area contributed by atoms with Crippen molar-refractivity contribution in [1.82, 2.24) is 5.16 Å². The van der Waals surface area contributed by atoms with Crippen molar-refractivity contribution in [3.05, 3.63) is 17.0 Å². The quantitative estimate of drug-likeness (QED) is 0.617. The molecule has 1 heterocycles. The largest absolute Gasteiger partial charge is 0.543 e. The predicted molar refractivity (Wildman–Crippen MR) is 42.0 cm³/mol. The Labute approximate surface area is 75.5 Å². The first-order chi connectivity index (χ1) is 6.18. The number of hydrogen-bond donors (Lipinski definition) is 0. The molecule has 0 radical (unpaired) electrons. The molecule has 70 valence electrons. The first-order valence-electron chi connectivity index (χ1n) is 4.37. The Balaban J connectivity index is 2.41. The fraction of sp³-hybridized carbons (Fsp3) is 0.556. The molecule has 0 saturated carbocycles. The van der Waals surface area contributed by atoms with Gasteiger partial charge in [-0.2, -0.15) is 0 Å². The average molecular weight is 180 g/mol. The van der Waals surface area contributed by atoms with E-state index >= 15 is 0 Å². The second-order valence-corrected chi connectivity index (χ2v) is 3.57. The number of aryl methyl sites for hydroxylation is 1. The Kier molecular flexibility index (Phi) is 1.83. The molecule has 0 fully saturated rings. The minimum atomic E-state index is -1.24. The van der Waals surface area contributed by atoms with Crippen LogP contribution in [0.3, 0.4) is 0 Å². The van der Waals surface area contributed by atoms with Gasteiger partial charge < -0.3 is 14.4 Å². The van der Waals surface area contributed by atoms with E-state index in [4.69, 9.17) is 4.52 Å². The van der Waals surface area contributed by atoms with Crippen molar-refractivity contribution in [1.29, 1.82) is 0 Å². The van der Waals surface area contributed by atoms with Crippen molar-refractivity contribution >= 4 is 5.97 Å². The molecule has 2 rings (SSSR count). The normalized spacial score (nSPS) is 21.2. The summed E-state index contributed by atoms with van der Waals surface area (Å²) in [4.78, 5) is 10.6. The Morgan fingerprint density at radius 3 is 3.15 bits per heavy atom. The molecule has 13 heavy (non-hydrogen) atoms. The lowest BCUT2D eigenvalue weighted by Gasteiger charge is -2.16. The number of carbonyl (C=O) groups excluding carboxylic acids is 1. The highest BCUT2D eigenvalue weighted by Crippen LogP contribution is 2.27. The molecular formula is C9H10NO3-. The highest BCUT2D eigenvalue weighted by Gasteiger charge is 2.23. The van der Waals surface area contributed by atoms with Crippen molar-refractivity contribution in [3.63, 3.8) is 0 Å². The number of aromatic nitrogens is 1. The molecule has 0 amide bonds. The van der Waals surface area contributed by atoms with E-state index in [0.717, 1.165) is 30.6 Å². The summed E-state index contributed by atoms with van der Waals surface area (Å²) in [6, 6.07) is 0. The Morgan fingerprint density at radius 1 is 1.69 bits per heavy atom. The monoisotopic (exact) mass is 180 g/mol. The van der Waals surface area contributed by atoms with Gasteiger partial charge in [-0.25, -0.2) is 0 Å². The van der Waals surface area contributed by atoms with Crippen LogP contribution in [0.2, 0.25) is 0 Å². The number of nitrogens with zero attached hydrogens (tertiary/aromatic N) is 1. The van der Waals surface area contributed by atoms with Crippen LogP contribution in [0.5, 0.6) is 0 Å². The number of aromatic carboxylic acids is 1. The molecule has 4 heteroatoms. The first-order valence-corrected chi connectivity index (χ1v) is 4.37. The van der Waals surface area contributed by atoms with Gasteiger partial charge in [-0.15, -0.1) is 0 Å². The summed E-state index contributed by atoms with van der Waals surface area (Å²) in [6.07, 6.45) is 2.56. The van der Waals surface area contributed by atoms with Crippen LogP contribution in [0.1, 0.15) is 35.2 Å². The number of rotatable bonds is 1. The van der Waals surface area contributed by atoms with Crippen LogP contribution in [0.15, 0.2) is 4.52 Å². The Hall–Kier alpha value is -1.32. The van der Waals surface area contributed by atoms with E-state index in [2.05, 4.69) is 12.1 Å². The highest BCUT2D eigenvalue weighted by molar-refractivity contribution is 5.85. The average Bonchev–Trinajstić information content (AvgIpc) is 2.46. The number of carboxylic acid groups (broad SMARTS) is 1. The van der Waals surface area contributed by atoms with E-state index in [1.807, 2.05) is 0 Å². The molecule has 1 aliphatic carbocycles. The third-order valence-corrected chi connectivity index (χ3v) is 2.48. The smallest absolute Gasteiger partial charge is 0.140 e. The fourth-order valence-electron chi connectivity index (χ4n) is 1.74. The van der Waals surface area contributed by atoms with Crippen LogP contribution < -0.4 is 5.11 Å². The molecule has 1 unspecified atom stereocenters. The van der Waals surface area contributed by atoms with Crippen molar-refractivity contribution < 1.29 is 14.4 Å². The van der Waals surface area contributed by atoms with Crippen LogP contribution >= 0.6 is 0 Å². The topological polar surface area (TPSA) is 66.2 Å². The van der Waals surface area contributed by atoms with Gasteiger partial charge in [0.25, 0.3) is 0 Å². The van der Waals surface area contributed by atoms with Gasteiger partial charge in [0.1, 0.15) is 11.5 Å². The molecule has 0 N–H and O–H groups in total. The summed E-state index contributed by atoms with van der Waals surface area (Å²) < 4.78 is 4.93. The maximum Gasteiger partial charge on any atom is 0.140 e. The zero-order chi connectivity index (χ0) is 9.42.